The third-order valence-electron chi connectivity index (χ3n) is 5.13. The molecule has 1 aromatic rings. The summed E-state index contributed by atoms with van der Waals surface area (Å²) >= 11 is 0. The summed E-state index contributed by atoms with van der Waals surface area (Å²) in [6.45, 7) is 5.06. The van der Waals surface area contributed by atoms with Crippen LogP contribution >= 0.6 is 0 Å². The minimum Gasteiger partial charge on any atom is -0.487 e. The second-order valence-corrected chi connectivity index (χ2v) is 8.72. The quantitative estimate of drug-likeness (QED) is 0.143. The van der Waals surface area contributed by atoms with Gasteiger partial charge >= 0.3 is 11.9 Å². The van der Waals surface area contributed by atoms with Gasteiger partial charge in [0.2, 0.25) is 0 Å². The van der Waals surface area contributed by atoms with E-state index in [0.29, 0.717) is 17.7 Å². The number of hydrogen-bond donors (Lipinski definition) is 2. The lowest BCUT2D eigenvalue weighted by Gasteiger charge is -2.20. The minimum absolute atomic E-state index is 0.0103. The third kappa shape index (κ3) is 12.8. The molecule has 0 aromatic heterocycles. The Morgan fingerprint density at radius 2 is 1.52 bits per heavy atom. The molecule has 0 heterocycles. The molecule has 0 saturated heterocycles. The highest BCUT2D eigenvalue weighted by Gasteiger charge is 2.25. The highest BCUT2D eigenvalue weighted by molar-refractivity contribution is 6.01. The topological polar surface area (TPSA) is 110 Å². The first kappa shape index (κ1) is 28.4. The van der Waals surface area contributed by atoms with E-state index in [2.05, 4.69) is 6.92 Å². The SMILES string of the molecule is CCCCCCCCCCC(COC(=O)/C=C\C(=O)O)Oc1ccc(C(=O)C(C)(C)O)cc1. The summed E-state index contributed by atoms with van der Waals surface area (Å²) in [6.07, 6.45) is 11.2. The monoisotopic (exact) mass is 462 g/mol. The first-order valence-electron chi connectivity index (χ1n) is 11.7. The van der Waals surface area contributed by atoms with Crippen LogP contribution in [0.25, 0.3) is 0 Å². The van der Waals surface area contributed by atoms with E-state index >= 15 is 0 Å². The molecule has 2 N–H and O–H groups in total. The van der Waals surface area contributed by atoms with E-state index in [1.165, 1.54) is 46.0 Å². The Morgan fingerprint density at radius 3 is 2.06 bits per heavy atom. The Labute approximate surface area is 196 Å². The maximum atomic E-state index is 12.2. The fourth-order valence-corrected chi connectivity index (χ4v) is 3.28. The van der Waals surface area contributed by atoms with Gasteiger partial charge in [-0.05, 0) is 51.0 Å². The van der Waals surface area contributed by atoms with Crippen molar-refractivity contribution in [3.8, 4) is 5.75 Å². The van der Waals surface area contributed by atoms with E-state index in [4.69, 9.17) is 14.6 Å². The van der Waals surface area contributed by atoms with Crippen molar-refractivity contribution in [2.24, 2.45) is 0 Å². The van der Waals surface area contributed by atoms with Gasteiger partial charge in [0.15, 0.2) is 5.78 Å². The largest absolute Gasteiger partial charge is 0.487 e. The fourth-order valence-electron chi connectivity index (χ4n) is 3.28. The molecule has 0 bridgehead atoms. The number of carboxylic acids is 1. The summed E-state index contributed by atoms with van der Waals surface area (Å²) in [5, 5.41) is 18.5. The van der Waals surface area contributed by atoms with E-state index < -0.39 is 23.6 Å². The van der Waals surface area contributed by atoms with E-state index in [0.717, 1.165) is 31.4 Å². The molecule has 7 heteroatoms. The lowest BCUT2D eigenvalue weighted by Crippen LogP contribution is -2.31. The number of carboxylic acid groups (broad SMARTS) is 1. The Morgan fingerprint density at radius 1 is 0.939 bits per heavy atom. The number of aliphatic hydroxyl groups is 1. The van der Waals surface area contributed by atoms with Crippen LogP contribution in [0.3, 0.4) is 0 Å². The van der Waals surface area contributed by atoms with Gasteiger partial charge < -0.3 is 19.7 Å². The number of ketones is 1. The normalized spacial score (nSPS) is 12.5. The van der Waals surface area contributed by atoms with Crippen LogP contribution in [0.1, 0.15) is 88.9 Å². The fraction of sp³-hybridized carbons (Fsp3) is 0.577. The number of Topliss-reactive ketones (excluding diaryl/α,β-unsaturated/α-hetero) is 1. The van der Waals surface area contributed by atoms with Crippen LogP contribution < -0.4 is 4.74 Å². The van der Waals surface area contributed by atoms with Crippen molar-refractivity contribution in [1.29, 1.82) is 0 Å². The number of aliphatic carboxylic acids is 1. The zero-order valence-corrected chi connectivity index (χ0v) is 20.0. The molecule has 1 rings (SSSR count). The molecular formula is C26H38O7. The Bertz CT molecular complexity index is 760. The van der Waals surface area contributed by atoms with E-state index in [9.17, 15) is 19.5 Å². The molecule has 1 unspecified atom stereocenters. The third-order valence-corrected chi connectivity index (χ3v) is 5.13. The van der Waals surface area contributed by atoms with Gasteiger partial charge in [-0.25, -0.2) is 9.59 Å². The number of ether oxygens (including phenoxy) is 2. The van der Waals surface area contributed by atoms with Crippen molar-refractivity contribution in [3.05, 3.63) is 42.0 Å². The second-order valence-electron chi connectivity index (χ2n) is 8.72. The maximum absolute atomic E-state index is 12.2. The molecule has 1 aromatic carbocycles. The first-order chi connectivity index (χ1) is 15.6. The van der Waals surface area contributed by atoms with Gasteiger partial charge in [-0.1, -0.05) is 51.9 Å². The molecule has 0 aliphatic rings. The van der Waals surface area contributed by atoms with Crippen molar-refractivity contribution in [2.75, 3.05) is 6.61 Å². The van der Waals surface area contributed by atoms with Crippen LogP contribution in [0.2, 0.25) is 0 Å². The number of unbranched alkanes of at least 4 members (excludes halogenated alkanes) is 7. The van der Waals surface area contributed by atoms with E-state index in [1.54, 1.807) is 24.3 Å². The number of esters is 1. The molecule has 0 aliphatic heterocycles. The lowest BCUT2D eigenvalue weighted by atomic mass is 9.97. The van der Waals surface area contributed by atoms with Crippen molar-refractivity contribution in [2.45, 2.75) is 90.3 Å². The molecule has 1 atom stereocenters. The summed E-state index contributed by atoms with van der Waals surface area (Å²) in [7, 11) is 0. The van der Waals surface area contributed by atoms with Crippen molar-refractivity contribution < 1.29 is 34.1 Å². The van der Waals surface area contributed by atoms with Crippen LogP contribution in [0.15, 0.2) is 36.4 Å². The summed E-state index contributed by atoms with van der Waals surface area (Å²) in [4.78, 5) is 34.5. The number of benzene rings is 1. The highest BCUT2D eigenvalue weighted by Crippen LogP contribution is 2.20. The molecule has 0 radical (unpaired) electrons. The lowest BCUT2D eigenvalue weighted by molar-refractivity contribution is -0.141. The molecule has 0 saturated carbocycles. The predicted octanol–water partition coefficient (Wildman–Crippen LogP) is 5.10. The van der Waals surface area contributed by atoms with Crippen LogP contribution in [0.4, 0.5) is 0 Å². The summed E-state index contributed by atoms with van der Waals surface area (Å²) in [6, 6.07) is 6.47. The molecule has 0 aliphatic carbocycles. The number of carbonyl (C=O) groups is 3. The predicted molar refractivity (Wildman–Crippen MR) is 126 cm³/mol. The van der Waals surface area contributed by atoms with Crippen LogP contribution in [-0.2, 0) is 14.3 Å². The van der Waals surface area contributed by atoms with Gasteiger partial charge in [0, 0.05) is 17.7 Å². The molecule has 0 fully saturated rings. The second kappa shape index (κ2) is 15.2. The Balaban J connectivity index is 2.64. The molecular weight excluding hydrogens is 424 g/mol. The molecule has 7 nitrogen and oxygen atoms in total. The number of rotatable bonds is 17. The Kier molecular flexibility index (Phi) is 13.1. The van der Waals surface area contributed by atoms with Crippen molar-refractivity contribution in [3.63, 3.8) is 0 Å². The number of hydrogen-bond acceptors (Lipinski definition) is 6. The summed E-state index contributed by atoms with van der Waals surface area (Å²) in [5.41, 5.74) is -1.08. The maximum Gasteiger partial charge on any atom is 0.331 e. The van der Waals surface area contributed by atoms with Crippen molar-refractivity contribution >= 4 is 17.7 Å². The van der Waals surface area contributed by atoms with Gasteiger partial charge in [-0.3, -0.25) is 4.79 Å². The van der Waals surface area contributed by atoms with E-state index in [-0.39, 0.29) is 12.4 Å². The van der Waals surface area contributed by atoms with Gasteiger partial charge in [-0.15, -0.1) is 0 Å². The smallest absolute Gasteiger partial charge is 0.331 e. The average Bonchev–Trinajstić information content (AvgIpc) is 2.77. The van der Waals surface area contributed by atoms with Gasteiger partial charge in [0.1, 0.15) is 24.1 Å². The van der Waals surface area contributed by atoms with Crippen LogP contribution in [0.5, 0.6) is 5.75 Å². The highest BCUT2D eigenvalue weighted by atomic mass is 16.6. The molecule has 184 valence electrons. The summed E-state index contributed by atoms with van der Waals surface area (Å²) < 4.78 is 11.1. The van der Waals surface area contributed by atoms with Gasteiger partial charge in [0.05, 0.1) is 0 Å². The minimum atomic E-state index is -1.46. The van der Waals surface area contributed by atoms with Gasteiger partial charge in [0.25, 0.3) is 0 Å². The first-order valence-corrected chi connectivity index (χ1v) is 11.7. The van der Waals surface area contributed by atoms with Gasteiger partial charge in [-0.2, -0.15) is 0 Å². The molecule has 33 heavy (non-hydrogen) atoms. The zero-order valence-electron chi connectivity index (χ0n) is 20.0. The average molecular weight is 463 g/mol. The summed E-state index contributed by atoms with van der Waals surface area (Å²) in [5.74, 6) is -1.83. The van der Waals surface area contributed by atoms with Crippen LogP contribution in [0, 0.1) is 0 Å². The van der Waals surface area contributed by atoms with Crippen molar-refractivity contribution in [1.82, 2.24) is 0 Å². The number of carbonyl (C=O) groups excluding carboxylic acids is 2. The van der Waals surface area contributed by atoms with E-state index in [1.807, 2.05) is 0 Å². The zero-order chi connectivity index (χ0) is 24.7. The Hall–Kier alpha value is -2.67. The standard InChI is InChI=1S/C26H38O7/c1-4-5-6-7-8-9-10-11-12-22(19-32-24(29)18-17-23(27)28)33-21-15-13-20(14-16-21)25(30)26(2,3)31/h13-18,22,31H,4-12,19H2,1-3H3,(H,27,28)/b18-17-. The molecule has 0 spiro atoms. The molecule has 0 amide bonds. The van der Waals surface area contributed by atoms with Crippen LogP contribution in [-0.4, -0.2) is 46.2 Å².